The van der Waals surface area contributed by atoms with Gasteiger partial charge in [0.25, 0.3) is 0 Å². The molecule has 0 aliphatic heterocycles. The first kappa shape index (κ1) is 11.3. The van der Waals surface area contributed by atoms with Crippen molar-refractivity contribution in [3.8, 4) is 0 Å². The molecule has 1 aromatic rings. The fourth-order valence-electron chi connectivity index (χ4n) is 1.92. The Kier molecular flexibility index (Phi) is 5.31. The van der Waals surface area contributed by atoms with Gasteiger partial charge in [-0.3, -0.25) is 0 Å². The summed E-state index contributed by atoms with van der Waals surface area (Å²) >= 11 is 0. The highest BCUT2D eigenvalue weighted by Crippen LogP contribution is 2.25. The van der Waals surface area contributed by atoms with Crippen LogP contribution in [-0.2, 0) is 0 Å². The van der Waals surface area contributed by atoms with E-state index in [0.29, 0.717) is 5.92 Å². The maximum Gasteiger partial charge on any atom is -0.00771 e. The van der Waals surface area contributed by atoms with Gasteiger partial charge in [0.2, 0.25) is 0 Å². The van der Waals surface area contributed by atoms with Crippen LogP contribution in [0.1, 0.15) is 44.1 Å². The van der Waals surface area contributed by atoms with Crippen molar-refractivity contribution in [2.24, 2.45) is 5.73 Å². The van der Waals surface area contributed by atoms with Crippen LogP contribution in [0.25, 0.3) is 0 Å². The molecule has 0 spiro atoms. The summed E-state index contributed by atoms with van der Waals surface area (Å²) in [6.45, 7) is 3.06. The van der Waals surface area contributed by atoms with E-state index in [-0.39, 0.29) is 0 Å². The first-order valence-electron chi connectivity index (χ1n) is 5.63. The Bertz CT molecular complexity index is 230. The SMILES string of the molecule is CCCC(CCCN)c1ccccc1. The predicted octanol–water partition coefficient (Wildman–Crippen LogP) is 3.31. The summed E-state index contributed by atoms with van der Waals surface area (Å²) in [6, 6.07) is 10.8. The smallest absolute Gasteiger partial charge is 0.00771 e. The van der Waals surface area contributed by atoms with E-state index in [0.717, 1.165) is 13.0 Å². The minimum Gasteiger partial charge on any atom is -0.330 e. The van der Waals surface area contributed by atoms with Crippen LogP contribution in [0.15, 0.2) is 30.3 Å². The number of hydrogen-bond acceptors (Lipinski definition) is 1. The molecule has 1 rings (SSSR count). The van der Waals surface area contributed by atoms with Crippen molar-refractivity contribution in [3.63, 3.8) is 0 Å². The van der Waals surface area contributed by atoms with Gasteiger partial charge in [-0.15, -0.1) is 0 Å². The second-order valence-electron chi connectivity index (χ2n) is 3.83. The summed E-state index contributed by atoms with van der Waals surface area (Å²) in [4.78, 5) is 0. The largest absolute Gasteiger partial charge is 0.330 e. The molecule has 1 atom stereocenters. The lowest BCUT2D eigenvalue weighted by Gasteiger charge is -2.15. The fourth-order valence-corrected chi connectivity index (χ4v) is 1.92. The molecule has 0 saturated heterocycles. The van der Waals surface area contributed by atoms with Gasteiger partial charge in [-0.05, 0) is 37.3 Å². The van der Waals surface area contributed by atoms with Crippen molar-refractivity contribution in [1.82, 2.24) is 0 Å². The zero-order chi connectivity index (χ0) is 10.2. The highest BCUT2D eigenvalue weighted by atomic mass is 14.5. The second-order valence-corrected chi connectivity index (χ2v) is 3.83. The van der Waals surface area contributed by atoms with Gasteiger partial charge in [-0.1, -0.05) is 43.7 Å². The molecule has 1 unspecified atom stereocenters. The molecule has 1 aromatic carbocycles. The summed E-state index contributed by atoms with van der Waals surface area (Å²) in [5.74, 6) is 0.713. The van der Waals surface area contributed by atoms with Gasteiger partial charge >= 0.3 is 0 Å². The van der Waals surface area contributed by atoms with Crippen LogP contribution in [0.5, 0.6) is 0 Å². The highest BCUT2D eigenvalue weighted by molar-refractivity contribution is 5.19. The first-order chi connectivity index (χ1) is 6.88. The number of benzene rings is 1. The quantitative estimate of drug-likeness (QED) is 0.733. The minimum absolute atomic E-state index is 0.713. The van der Waals surface area contributed by atoms with Gasteiger partial charge in [-0.2, -0.15) is 0 Å². The van der Waals surface area contributed by atoms with E-state index in [1.807, 2.05) is 0 Å². The molecule has 1 heteroatoms. The lowest BCUT2D eigenvalue weighted by atomic mass is 9.90. The molecule has 0 saturated carbocycles. The fraction of sp³-hybridized carbons (Fsp3) is 0.538. The van der Waals surface area contributed by atoms with Crippen molar-refractivity contribution < 1.29 is 0 Å². The summed E-state index contributed by atoms with van der Waals surface area (Å²) in [6.07, 6.45) is 4.90. The van der Waals surface area contributed by atoms with E-state index in [4.69, 9.17) is 5.73 Å². The molecular weight excluding hydrogens is 170 g/mol. The van der Waals surface area contributed by atoms with Crippen molar-refractivity contribution in [2.45, 2.75) is 38.5 Å². The Morgan fingerprint density at radius 1 is 1.14 bits per heavy atom. The molecule has 0 aliphatic rings. The molecular formula is C13H21N. The maximum atomic E-state index is 5.55. The van der Waals surface area contributed by atoms with Crippen LogP contribution in [0.3, 0.4) is 0 Å². The lowest BCUT2D eigenvalue weighted by Crippen LogP contribution is -2.04. The Morgan fingerprint density at radius 2 is 1.86 bits per heavy atom. The zero-order valence-electron chi connectivity index (χ0n) is 9.08. The number of nitrogens with two attached hydrogens (primary N) is 1. The summed E-state index contributed by atoms with van der Waals surface area (Å²) in [5.41, 5.74) is 7.03. The van der Waals surface area contributed by atoms with Crippen molar-refractivity contribution >= 4 is 0 Å². The van der Waals surface area contributed by atoms with E-state index in [2.05, 4.69) is 37.3 Å². The normalized spacial score (nSPS) is 12.7. The van der Waals surface area contributed by atoms with Crippen LogP contribution in [0.2, 0.25) is 0 Å². The van der Waals surface area contributed by atoms with Gasteiger partial charge in [-0.25, -0.2) is 0 Å². The monoisotopic (exact) mass is 191 g/mol. The topological polar surface area (TPSA) is 26.0 Å². The van der Waals surface area contributed by atoms with Crippen LogP contribution in [0.4, 0.5) is 0 Å². The third kappa shape index (κ3) is 3.51. The van der Waals surface area contributed by atoms with Gasteiger partial charge < -0.3 is 5.73 Å². The minimum atomic E-state index is 0.713. The van der Waals surface area contributed by atoms with Crippen molar-refractivity contribution in [2.75, 3.05) is 6.54 Å². The van der Waals surface area contributed by atoms with Gasteiger partial charge in [0.05, 0.1) is 0 Å². The second kappa shape index (κ2) is 6.61. The lowest BCUT2D eigenvalue weighted by molar-refractivity contribution is 0.550. The van der Waals surface area contributed by atoms with Crippen LogP contribution in [0, 0.1) is 0 Å². The third-order valence-corrected chi connectivity index (χ3v) is 2.66. The van der Waals surface area contributed by atoms with Crippen LogP contribution in [-0.4, -0.2) is 6.54 Å². The Balaban J connectivity index is 2.58. The molecule has 0 fully saturated rings. The third-order valence-electron chi connectivity index (χ3n) is 2.66. The average molecular weight is 191 g/mol. The Labute approximate surface area is 87.3 Å². The van der Waals surface area contributed by atoms with Gasteiger partial charge in [0.15, 0.2) is 0 Å². The molecule has 2 N–H and O–H groups in total. The predicted molar refractivity (Wildman–Crippen MR) is 62.4 cm³/mol. The Hall–Kier alpha value is -0.820. The standard InChI is InChI=1S/C13H21N/c1-2-7-12(10-6-11-14)13-8-4-3-5-9-13/h3-5,8-9,12H,2,6-7,10-11,14H2,1H3. The summed E-state index contributed by atoms with van der Waals surface area (Å²) in [7, 11) is 0. The van der Waals surface area contributed by atoms with Gasteiger partial charge in [0.1, 0.15) is 0 Å². The van der Waals surface area contributed by atoms with E-state index < -0.39 is 0 Å². The summed E-state index contributed by atoms with van der Waals surface area (Å²) < 4.78 is 0. The van der Waals surface area contributed by atoms with E-state index in [1.54, 1.807) is 0 Å². The molecule has 0 heterocycles. The average Bonchev–Trinajstić information content (AvgIpc) is 2.25. The molecule has 0 bridgehead atoms. The molecule has 1 nitrogen and oxygen atoms in total. The number of hydrogen-bond donors (Lipinski definition) is 1. The highest BCUT2D eigenvalue weighted by Gasteiger charge is 2.08. The molecule has 0 radical (unpaired) electrons. The molecule has 0 aliphatic carbocycles. The van der Waals surface area contributed by atoms with Crippen LogP contribution < -0.4 is 5.73 Å². The van der Waals surface area contributed by atoms with Crippen LogP contribution >= 0.6 is 0 Å². The number of rotatable bonds is 6. The van der Waals surface area contributed by atoms with E-state index >= 15 is 0 Å². The van der Waals surface area contributed by atoms with Crippen molar-refractivity contribution in [1.29, 1.82) is 0 Å². The molecule has 14 heavy (non-hydrogen) atoms. The Morgan fingerprint density at radius 3 is 2.43 bits per heavy atom. The van der Waals surface area contributed by atoms with Gasteiger partial charge in [0, 0.05) is 0 Å². The van der Waals surface area contributed by atoms with E-state index in [1.165, 1.54) is 24.8 Å². The van der Waals surface area contributed by atoms with E-state index in [9.17, 15) is 0 Å². The summed E-state index contributed by atoms with van der Waals surface area (Å²) in [5, 5.41) is 0. The molecule has 78 valence electrons. The molecule has 0 amide bonds. The zero-order valence-corrected chi connectivity index (χ0v) is 9.08. The maximum absolute atomic E-state index is 5.55. The first-order valence-corrected chi connectivity index (χ1v) is 5.63. The molecule has 0 aromatic heterocycles. The van der Waals surface area contributed by atoms with Crippen molar-refractivity contribution in [3.05, 3.63) is 35.9 Å².